The highest BCUT2D eigenvalue weighted by Crippen LogP contribution is 2.44. The molecule has 2 aliphatic rings. The van der Waals surface area contributed by atoms with Crippen LogP contribution in [0.5, 0.6) is 0 Å². The van der Waals surface area contributed by atoms with Crippen molar-refractivity contribution in [1.82, 2.24) is 9.80 Å². The first-order chi connectivity index (χ1) is 15.4. The van der Waals surface area contributed by atoms with E-state index < -0.39 is 0 Å². The molecule has 1 saturated heterocycles. The Hall–Kier alpha value is -1.71. The number of hydrogen-bond acceptors (Lipinski definition) is 2. The van der Waals surface area contributed by atoms with E-state index in [1.165, 1.54) is 67.7 Å². The molecular formula is C29H41FN2. The number of hydrogen-bond donors (Lipinski definition) is 0. The normalized spacial score (nSPS) is 24.6. The number of nitrogens with zero attached hydrogens (tertiary/aromatic N) is 2. The highest BCUT2D eigenvalue weighted by atomic mass is 19.1. The van der Waals surface area contributed by atoms with Crippen molar-refractivity contribution >= 4 is 0 Å². The summed E-state index contributed by atoms with van der Waals surface area (Å²) in [4.78, 5) is 5.03. The molecule has 1 heterocycles. The van der Waals surface area contributed by atoms with Gasteiger partial charge >= 0.3 is 0 Å². The zero-order valence-electron chi connectivity index (χ0n) is 20.5. The van der Waals surface area contributed by atoms with Crippen LogP contribution in [0.2, 0.25) is 0 Å². The van der Waals surface area contributed by atoms with E-state index in [4.69, 9.17) is 0 Å². The second-order valence-corrected chi connectivity index (χ2v) is 10.8. The van der Waals surface area contributed by atoms with Gasteiger partial charge < -0.3 is 9.80 Å². The Morgan fingerprint density at radius 3 is 2.69 bits per heavy atom. The molecule has 1 unspecified atom stereocenters. The number of rotatable bonds is 7. The van der Waals surface area contributed by atoms with Gasteiger partial charge in [0.2, 0.25) is 0 Å². The highest BCUT2D eigenvalue weighted by Gasteiger charge is 2.30. The molecule has 4 rings (SSSR count). The van der Waals surface area contributed by atoms with E-state index in [0.717, 1.165) is 18.8 Å². The number of benzene rings is 2. The fraction of sp³-hybridized carbons (Fsp3) is 0.586. The van der Waals surface area contributed by atoms with Crippen LogP contribution in [0.4, 0.5) is 4.39 Å². The summed E-state index contributed by atoms with van der Waals surface area (Å²) in [6.07, 6.45) is 6.11. The lowest BCUT2D eigenvalue weighted by atomic mass is 9.77. The van der Waals surface area contributed by atoms with Crippen LogP contribution in [0.1, 0.15) is 73.6 Å². The molecule has 174 valence electrons. The van der Waals surface area contributed by atoms with Crippen molar-refractivity contribution in [3.63, 3.8) is 0 Å². The summed E-state index contributed by atoms with van der Waals surface area (Å²) in [5, 5.41) is 0. The Bertz CT molecular complexity index is 892. The topological polar surface area (TPSA) is 6.48 Å². The van der Waals surface area contributed by atoms with Gasteiger partial charge in [-0.2, -0.15) is 0 Å². The molecule has 2 aromatic carbocycles. The van der Waals surface area contributed by atoms with Crippen LogP contribution in [0.15, 0.2) is 42.5 Å². The second kappa shape index (κ2) is 10.5. The van der Waals surface area contributed by atoms with Crippen LogP contribution >= 0.6 is 0 Å². The molecule has 1 aliphatic heterocycles. The fourth-order valence-corrected chi connectivity index (χ4v) is 6.17. The second-order valence-electron chi connectivity index (χ2n) is 10.8. The lowest BCUT2D eigenvalue weighted by Gasteiger charge is -2.36. The molecule has 0 radical (unpaired) electrons. The zero-order chi connectivity index (χ0) is 22.7. The van der Waals surface area contributed by atoms with Gasteiger partial charge in [0.05, 0.1) is 0 Å². The summed E-state index contributed by atoms with van der Waals surface area (Å²) in [5.41, 5.74) is 5.40. The van der Waals surface area contributed by atoms with Gasteiger partial charge in [0.15, 0.2) is 0 Å². The quantitative estimate of drug-likeness (QED) is 0.502. The number of fused-ring (bicyclic) bond motifs is 2. The van der Waals surface area contributed by atoms with E-state index in [1.807, 2.05) is 6.07 Å². The maximum atomic E-state index is 14.2. The lowest BCUT2D eigenvalue weighted by Crippen LogP contribution is -2.39. The summed E-state index contributed by atoms with van der Waals surface area (Å²) in [5.74, 6) is 2.13. The highest BCUT2D eigenvalue weighted by molar-refractivity contribution is 5.45. The Kier molecular flexibility index (Phi) is 7.68. The lowest BCUT2D eigenvalue weighted by molar-refractivity contribution is 0.139. The molecule has 4 atom stereocenters. The molecule has 0 aromatic heterocycles. The first-order valence-electron chi connectivity index (χ1n) is 12.6. The van der Waals surface area contributed by atoms with Crippen LogP contribution < -0.4 is 0 Å². The summed E-state index contributed by atoms with van der Waals surface area (Å²) < 4.78 is 14.2. The van der Waals surface area contributed by atoms with Crippen molar-refractivity contribution in [3.8, 4) is 0 Å². The summed E-state index contributed by atoms with van der Waals surface area (Å²) in [6.45, 7) is 9.61. The molecule has 0 spiro atoms. The van der Waals surface area contributed by atoms with Gasteiger partial charge in [0.25, 0.3) is 0 Å². The third-order valence-electron chi connectivity index (χ3n) is 7.85. The van der Waals surface area contributed by atoms with Crippen LogP contribution in [0.3, 0.4) is 0 Å². The Labute approximate surface area is 194 Å². The van der Waals surface area contributed by atoms with Gasteiger partial charge in [-0.1, -0.05) is 44.2 Å². The van der Waals surface area contributed by atoms with Gasteiger partial charge in [-0.05, 0) is 117 Å². The Balaban J connectivity index is 1.47. The predicted octanol–water partition coefficient (Wildman–Crippen LogP) is 6.31. The van der Waals surface area contributed by atoms with E-state index in [1.54, 1.807) is 12.1 Å². The number of piperidine rings is 1. The molecule has 0 bridgehead atoms. The largest absolute Gasteiger partial charge is 0.309 e. The minimum atomic E-state index is -0.106. The van der Waals surface area contributed by atoms with Gasteiger partial charge in [0.1, 0.15) is 5.82 Å². The van der Waals surface area contributed by atoms with E-state index in [9.17, 15) is 4.39 Å². The summed E-state index contributed by atoms with van der Waals surface area (Å²) >= 11 is 0. The van der Waals surface area contributed by atoms with Crippen molar-refractivity contribution in [2.75, 3.05) is 40.3 Å². The van der Waals surface area contributed by atoms with Gasteiger partial charge in [-0.3, -0.25) is 0 Å². The molecule has 2 aromatic rings. The van der Waals surface area contributed by atoms with E-state index in [-0.39, 0.29) is 5.82 Å². The van der Waals surface area contributed by atoms with Crippen LogP contribution in [-0.2, 0) is 6.42 Å². The minimum absolute atomic E-state index is 0.106. The molecular weight excluding hydrogens is 395 g/mol. The Morgan fingerprint density at radius 2 is 1.88 bits per heavy atom. The molecule has 3 heteroatoms. The third-order valence-corrected chi connectivity index (χ3v) is 7.85. The summed E-state index contributed by atoms with van der Waals surface area (Å²) in [7, 11) is 4.36. The van der Waals surface area contributed by atoms with Crippen LogP contribution in [0, 0.1) is 17.7 Å². The third kappa shape index (κ3) is 5.61. The van der Waals surface area contributed by atoms with Crippen molar-refractivity contribution < 1.29 is 4.39 Å². The van der Waals surface area contributed by atoms with E-state index in [2.05, 4.69) is 62.0 Å². The first-order valence-corrected chi connectivity index (χ1v) is 12.6. The molecule has 0 N–H and O–H groups in total. The van der Waals surface area contributed by atoms with Crippen molar-refractivity contribution in [2.24, 2.45) is 11.8 Å². The van der Waals surface area contributed by atoms with Crippen LogP contribution in [0.25, 0.3) is 0 Å². The van der Waals surface area contributed by atoms with Crippen LogP contribution in [-0.4, -0.2) is 50.1 Å². The number of likely N-dealkylation sites (tertiary alicyclic amines) is 1. The molecule has 0 saturated carbocycles. The fourth-order valence-electron chi connectivity index (χ4n) is 6.17. The predicted molar refractivity (Wildman–Crippen MR) is 133 cm³/mol. The van der Waals surface area contributed by atoms with Crippen molar-refractivity contribution in [1.29, 1.82) is 0 Å². The molecule has 1 fully saturated rings. The average Bonchev–Trinajstić information content (AvgIpc) is 2.88. The first kappa shape index (κ1) is 23.4. The summed E-state index contributed by atoms with van der Waals surface area (Å²) in [6, 6.07) is 14.4. The van der Waals surface area contributed by atoms with E-state index in [0.29, 0.717) is 17.8 Å². The average molecular weight is 437 g/mol. The van der Waals surface area contributed by atoms with Gasteiger partial charge in [-0.15, -0.1) is 0 Å². The molecule has 32 heavy (non-hydrogen) atoms. The number of halogens is 1. The smallest absolute Gasteiger partial charge is 0.123 e. The maximum absolute atomic E-state index is 14.2. The molecule has 2 nitrogen and oxygen atoms in total. The van der Waals surface area contributed by atoms with Gasteiger partial charge in [0, 0.05) is 13.1 Å². The SMILES string of the molecule is C[C@@H](C[C@@H]1c2ccccc2Cc2ccc(F)cc2[C@@H]1C)CN1CCCC(CCN(C)C)C1. The van der Waals surface area contributed by atoms with Crippen molar-refractivity contribution in [2.45, 2.75) is 57.8 Å². The minimum Gasteiger partial charge on any atom is -0.309 e. The van der Waals surface area contributed by atoms with E-state index >= 15 is 0 Å². The van der Waals surface area contributed by atoms with Crippen molar-refractivity contribution in [3.05, 3.63) is 70.5 Å². The molecule has 1 aliphatic carbocycles. The molecule has 0 amide bonds. The Morgan fingerprint density at radius 1 is 1.09 bits per heavy atom. The monoisotopic (exact) mass is 436 g/mol. The maximum Gasteiger partial charge on any atom is 0.123 e. The zero-order valence-corrected chi connectivity index (χ0v) is 20.5. The van der Waals surface area contributed by atoms with Gasteiger partial charge in [-0.25, -0.2) is 4.39 Å². The standard InChI is InChI=1S/C29H41FN2/c1-21(19-32-14-7-8-23(20-32)13-15-31(3)4)16-29-22(2)28-18-26(30)12-11-25(28)17-24-9-5-6-10-27(24)29/h5-6,9-12,18,21-23,29H,7-8,13-17,19-20H2,1-4H3/t21-,22-,23?,29-/m0/s1.